The topological polar surface area (TPSA) is 0 Å². The van der Waals surface area contributed by atoms with Gasteiger partial charge in [0.25, 0.3) is 0 Å². The number of hydrogen-bond acceptors (Lipinski definition) is 1. The van der Waals surface area contributed by atoms with Gasteiger partial charge in [0, 0.05) is 30.2 Å². The summed E-state index contributed by atoms with van der Waals surface area (Å²) in [6, 6.07) is 11.9. The van der Waals surface area contributed by atoms with Crippen LogP contribution in [0.15, 0.2) is 36.4 Å². The molecule has 0 saturated heterocycles. The summed E-state index contributed by atoms with van der Waals surface area (Å²) in [7, 11) is 0. The van der Waals surface area contributed by atoms with Gasteiger partial charge in [-0.1, -0.05) is 35.3 Å². The molecule has 0 bridgehead atoms. The molecule has 0 aliphatic heterocycles. The van der Waals surface area contributed by atoms with Gasteiger partial charge in [0.05, 0.1) is 0 Å². The fourth-order valence-electron chi connectivity index (χ4n) is 1.78. The van der Waals surface area contributed by atoms with Crippen molar-refractivity contribution in [2.24, 2.45) is 0 Å². The lowest BCUT2D eigenvalue weighted by Gasteiger charge is -1.96. The Kier molecular flexibility index (Phi) is 2.13. The fourth-order valence-corrected chi connectivity index (χ4v) is 3.59. The van der Waals surface area contributed by atoms with Gasteiger partial charge < -0.3 is 0 Å². The molecule has 2 aromatic carbocycles. The molecular formula is C12H6Cl2S. The zero-order chi connectivity index (χ0) is 10.4. The third-order valence-corrected chi connectivity index (χ3v) is 4.17. The molecule has 3 aromatic rings. The average Bonchev–Trinajstić information content (AvgIpc) is 2.58. The van der Waals surface area contributed by atoms with E-state index in [1.165, 1.54) is 9.40 Å². The molecule has 1 aromatic heterocycles. The Morgan fingerprint density at radius 3 is 1.67 bits per heavy atom. The third kappa shape index (κ3) is 1.35. The predicted octanol–water partition coefficient (Wildman–Crippen LogP) is 5.36. The Labute approximate surface area is 101 Å². The summed E-state index contributed by atoms with van der Waals surface area (Å²) in [4.78, 5) is 0. The first-order valence-electron chi connectivity index (χ1n) is 4.52. The normalized spacial score (nSPS) is 11.3. The molecule has 0 atom stereocenters. The lowest BCUT2D eigenvalue weighted by molar-refractivity contribution is 1.83. The van der Waals surface area contributed by atoms with Gasteiger partial charge in [0.2, 0.25) is 0 Å². The molecule has 15 heavy (non-hydrogen) atoms. The van der Waals surface area contributed by atoms with Crippen LogP contribution in [0.5, 0.6) is 0 Å². The van der Waals surface area contributed by atoms with E-state index in [0.717, 1.165) is 20.8 Å². The highest BCUT2D eigenvalue weighted by molar-refractivity contribution is 7.26. The number of halogens is 2. The second kappa shape index (κ2) is 3.38. The standard InChI is InChI=1S/C12H6Cl2S/c13-7-3-1-5-9-11(7)12-8(14)4-2-6-10(12)15-9/h1-6H. The Hall–Kier alpha value is -0.760. The summed E-state index contributed by atoms with van der Waals surface area (Å²) in [5.41, 5.74) is 0. The molecule has 0 unspecified atom stereocenters. The highest BCUT2D eigenvalue weighted by Crippen LogP contribution is 2.40. The van der Waals surface area contributed by atoms with E-state index in [1.807, 2.05) is 24.3 Å². The molecule has 0 fully saturated rings. The minimum absolute atomic E-state index is 0.770. The molecule has 3 heteroatoms. The molecule has 1 heterocycles. The molecule has 3 rings (SSSR count). The highest BCUT2D eigenvalue weighted by atomic mass is 35.5. The second-order valence-electron chi connectivity index (χ2n) is 3.33. The number of hydrogen-bond donors (Lipinski definition) is 0. The van der Waals surface area contributed by atoms with Gasteiger partial charge in [-0.25, -0.2) is 0 Å². The van der Waals surface area contributed by atoms with Crippen molar-refractivity contribution in [1.29, 1.82) is 0 Å². The van der Waals surface area contributed by atoms with Crippen molar-refractivity contribution in [3.05, 3.63) is 46.4 Å². The summed E-state index contributed by atoms with van der Waals surface area (Å²) in [6.07, 6.45) is 0. The van der Waals surface area contributed by atoms with E-state index in [0.29, 0.717) is 0 Å². The molecular weight excluding hydrogens is 247 g/mol. The first-order chi connectivity index (χ1) is 7.27. The van der Waals surface area contributed by atoms with E-state index in [-0.39, 0.29) is 0 Å². The van der Waals surface area contributed by atoms with Crippen molar-refractivity contribution in [2.45, 2.75) is 0 Å². The van der Waals surface area contributed by atoms with Gasteiger partial charge in [-0.15, -0.1) is 11.3 Å². The molecule has 0 spiro atoms. The summed E-state index contributed by atoms with van der Waals surface area (Å²) in [6.45, 7) is 0. The van der Waals surface area contributed by atoms with Crippen molar-refractivity contribution < 1.29 is 0 Å². The number of thiophene rings is 1. The van der Waals surface area contributed by atoms with Crippen LogP contribution >= 0.6 is 34.5 Å². The molecule has 0 aliphatic carbocycles. The summed E-state index contributed by atoms with van der Waals surface area (Å²) in [5.74, 6) is 0. The van der Waals surface area contributed by atoms with Crippen LogP contribution < -0.4 is 0 Å². The first-order valence-corrected chi connectivity index (χ1v) is 6.10. The van der Waals surface area contributed by atoms with Crippen LogP contribution in [-0.4, -0.2) is 0 Å². The van der Waals surface area contributed by atoms with E-state index < -0.39 is 0 Å². The van der Waals surface area contributed by atoms with Crippen LogP contribution in [0.25, 0.3) is 20.2 Å². The maximum absolute atomic E-state index is 6.20. The quantitative estimate of drug-likeness (QED) is 0.505. The molecule has 0 N–H and O–H groups in total. The van der Waals surface area contributed by atoms with Crippen LogP contribution in [0.1, 0.15) is 0 Å². The van der Waals surface area contributed by atoms with Crippen LogP contribution in [-0.2, 0) is 0 Å². The van der Waals surface area contributed by atoms with Gasteiger partial charge in [0.1, 0.15) is 0 Å². The smallest absolute Gasteiger partial charge is 0.0499 e. The summed E-state index contributed by atoms with van der Waals surface area (Å²) >= 11 is 14.1. The zero-order valence-electron chi connectivity index (χ0n) is 7.63. The monoisotopic (exact) mass is 252 g/mol. The Balaban J connectivity index is 2.67. The average molecular weight is 253 g/mol. The lowest BCUT2D eigenvalue weighted by atomic mass is 10.1. The van der Waals surface area contributed by atoms with E-state index in [2.05, 4.69) is 12.1 Å². The SMILES string of the molecule is Clc1cccc2sc3cccc(Cl)c3c12. The number of benzene rings is 2. The van der Waals surface area contributed by atoms with Crippen molar-refractivity contribution in [3.8, 4) is 0 Å². The lowest BCUT2D eigenvalue weighted by Crippen LogP contribution is -1.70. The third-order valence-electron chi connectivity index (χ3n) is 2.42. The Morgan fingerprint density at radius 2 is 1.20 bits per heavy atom. The van der Waals surface area contributed by atoms with E-state index in [9.17, 15) is 0 Å². The summed E-state index contributed by atoms with van der Waals surface area (Å²) < 4.78 is 2.37. The van der Waals surface area contributed by atoms with Crippen molar-refractivity contribution in [1.82, 2.24) is 0 Å². The van der Waals surface area contributed by atoms with E-state index in [1.54, 1.807) is 11.3 Å². The summed E-state index contributed by atoms with van der Waals surface area (Å²) in [5, 5.41) is 3.69. The van der Waals surface area contributed by atoms with Crippen molar-refractivity contribution in [3.63, 3.8) is 0 Å². The highest BCUT2D eigenvalue weighted by Gasteiger charge is 2.10. The minimum Gasteiger partial charge on any atom is -0.135 e. The predicted molar refractivity (Wildman–Crippen MR) is 69.4 cm³/mol. The molecule has 0 aliphatic rings. The van der Waals surface area contributed by atoms with Crippen LogP contribution in [0.4, 0.5) is 0 Å². The molecule has 0 amide bonds. The van der Waals surface area contributed by atoms with E-state index in [4.69, 9.17) is 23.2 Å². The largest absolute Gasteiger partial charge is 0.135 e. The second-order valence-corrected chi connectivity index (χ2v) is 5.23. The van der Waals surface area contributed by atoms with Gasteiger partial charge in [-0.2, -0.15) is 0 Å². The maximum Gasteiger partial charge on any atom is 0.0499 e. The molecule has 74 valence electrons. The van der Waals surface area contributed by atoms with Gasteiger partial charge in [-0.3, -0.25) is 0 Å². The Bertz CT molecular complexity index is 599. The molecule has 0 radical (unpaired) electrons. The van der Waals surface area contributed by atoms with Crippen LogP contribution in [0.2, 0.25) is 10.0 Å². The number of rotatable bonds is 0. The fraction of sp³-hybridized carbons (Fsp3) is 0. The van der Waals surface area contributed by atoms with Gasteiger partial charge >= 0.3 is 0 Å². The minimum atomic E-state index is 0.770. The van der Waals surface area contributed by atoms with Crippen molar-refractivity contribution >= 4 is 54.7 Å². The van der Waals surface area contributed by atoms with Crippen molar-refractivity contribution in [2.75, 3.05) is 0 Å². The zero-order valence-corrected chi connectivity index (χ0v) is 9.96. The molecule has 0 nitrogen and oxygen atoms in total. The number of fused-ring (bicyclic) bond motifs is 3. The van der Waals surface area contributed by atoms with E-state index >= 15 is 0 Å². The van der Waals surface area contributed by atoms with Crippen LogP contribution in [0.3, 0.4) is 0 Å². The maximum atomic E-state index is 6.20. The van der Waals surface area contributed by atoms with Gasteiger partial charge in [0.15, 0.2) is 0 Å². The van der Waals surface area contributed by atoms with Crippen LogP contribution in [0, 0.1) is 0 Å². The Morgan fingerprint density at radius 1 is 0.733 bits per heavy atom. The first kappa shape index (κ1) is 9.46. The van der Waals surface area contributed by atoms with Gasteiger partial charge in [-0.05, 0) is 24.3 Å². The molecule has 0 saturated carbocycles.